The number of piperazine rings is 1. The summed E-state index contributed by atoms with van der Waals surface area (Å²) in [6.07, 6.45) is 3.83. The van der Waals surface area contributed by atoms with Crippen LogP contribution >= 0.6 is 0 Å². The monoisotopic (exact) mass is 255 g/mol. The predicted molar refractivity (Wildman–Crippen MR) is 80.1 cm³/mol. The highest BCUT2D eigenvalue weighted by Crippen LogP contribution is 2.17. The molecule has 0 aromatic heterocycles. The van der Waals surface area contributed by atoms with Crippen LogP contribution in [0.3, 0.4) is 0 Å². The van der Waals surface area contributed by atoms with Gasteiger partial charge in [0.25, 0.3) is 0 Å². The SMILES string of the molecule is CCC(C)C1CN(CCCN(C)C)C(CC)CN1. The summed E-state index contributed by atoms with van der Waals surface area (Å²) < 4.78 is 0. The first-order valence-electron chi connectivity index (χ1n) is 7.70. The van der Waals surface area contributed by atoms with Gasteiger partial charge in [-0.05, 0) is 45.9 Å². The molecule has 0 saturated carbocycles. The van der Waals surface area contributed by atoms with Crippen molar-refractivity contribution in [2.45, 2.75) is 52.1 Å². The molecule has 1 aliphatic rings. The Morgan fingerprint density at radius 2 is 2.06 bits per heavy atom. The van der Waals surface area contributed by atoms with Crippen molar-refractivity contribution in [1.82, 2.24) is 15.1 Å². The van der Waals surface area contributed by atoms with Crippen molar-refractivity contribution in [2.24, 2.45) is 5.92 Å². The Kier molecular flexibility index (Phi) is 7.20. The number of hydrogen-bond donors (Lipinski definition) is 1. The molecule has 1 heterocycles. The van der Waals surface area contributed by atoms with Crippen LogP contribution in [0.5, 0.6) is 0 Å². The summed E-state index contributed by atoms with van der Waals surface area (Å²) in [7, 11) is 4.33. The van der Waals surface area contributed by atoms with Crippen LogP contribution in [0, 0.1) is 5.92 Å². The van der Waals surface area contributed by atoms with E-state index >= 15 is 0 Å². The average Bonchev–Trinajstić information content (AvgIpc) is 2.37. The summed E-state index contributed by atoms with van der Waals surface area (Å²) >= 11 is 0. The molecule has 3 atom stereocenters. The molecule has 3 nitrogen and oxygen atoms in total. The predicted octanol–water partition coefficient (Wildman–Crippen LogP) is 2.04. The third-order valence-electron chi connectivity index (χ3n) is 4.42. The molecule has 1 saturated heterocycles. The van der Waals surface area contributed by atoms with Crippen LogP contribution in [0.1, 0.15) is 40.0 Å². The molecule has 1 N–H and O–H groups in total. The Balaban J connectivity index is 2.43. The van der Waals surface area contributed by atoms with Crippen LogP contribution in [0.25, 0.3) is 0 Å². The maximum Gasteiger partial charge on any atom is 0.0221 e. The Bertz CT molecular complexity index is 218. The zero-order chi connectivity index (χ0) is 13.5. The first-order chi connectivity index (χ1) is 8.58. The number of nitrogens with zero attached hydrogens (tertiary/aromatic N) is 2. The summed E-state index contributed by atoms with van der Waals surface area (Å²) in [6, 6.07) is 1.43. The molecular formula is C15H33N3. The van der Waals surface area contributed by atoms with Gasteiger partial charge in [-0.1, -0.05) is 27.2 Å². The Morgan fingerprint density at radius 3 is 2.61 bits per heavy atom. The Labute approximate surface area is 114 Å². The van der Waals surface area contributed by atoms with Crippen molar-refractivity contribution < 1.29 is 0 Å². The van der Waals surface area contributed by atoms with Gasteiger partial charge in [-0.15, -0.1) is 0 Å². The second-order valence-electron chi connectivity index (χ2n) is 6.11. The molecule has 0 aromatic carbocycles. The van der Waals surface area contributed by atoms with Gasteiger partial charge in [0.1, 0.15) is 0 Å². The van der Waals surface area contributed by atoms with Crippen LogP contribution in [0.4, 0.5) is 0 Å². The van der Waals surface area contributed by atoms with E-state index in [0.29, 0.717) is 6.04 Å². The molecule has 0 spiro atoms. The molecule has 18 heavy (non-hydrogen) atoms. The van der Waals surface area contributed by atoms with E-state index in [1.165, 1.54) is 45.4 Å². The van der Waals surface area contributed by atoms with Gasteiger partial charge in [-0.25, -0.2) is 0 Å². The molecule has 0 radical (unpaired) electrons. The van der Waals surface area contributed by atoms with Gasteiger partial charge in [0.2, 0.25) is 0 Å². The summed E-state index contributed by atoms with van der Waals surface area (Å²) in [5.74, 6) is 0.791. The van der Waals surface area contributed by atoms with Gasteiger partial charge in [0.05, 0.1) is 0 Å². The number of rotatable bonds is 7. The van der Waals surface area contributed by atoms with Gasteiger partial charge in [-0.3, -0.25) is 4.90 Å². The van der Waals surface area contributed by atoms with Crippen molar-refractivity contribution in [3.63, 3.8) is 0 Å². The molecule has 1 fully saturated rings. The van der Waals surface area contributed by atoms with Crippen molar-refractivity contribution >= 4 is 0 Å². The summed E-state index contributed by atoms with van der Waals surface area (Å²) in [5.41, 5.74) is 0. The smallest absolute Gasteiger partial charge is 0.0221 e. The van der Waals surface area contributed by atoms with E-state index in [4.69, 9.17) is 0 Å². The molecule has 1 aliphatic heterocycles. The lowest BCUT2D eigenvalue weighted by Gasteiger charge is -2.42. The van der Waals surface area contributed by atoms with Gasteiger partial charge in [0.15, 0.2) is 0 Å². The Morgan fingerprint density at radius 1 is 1.33 bits per heavy atom. The highest BCUT2D eigenvalue weighted by molar-refractivity contribution is 4.87. The minimum absolute atomic E-state index is 0.692. The fourth-order valence-corrected chi connectivity index (χ4v) is 2.81. The van der Waals surface area contributed by atoms with Crippen molar-refractivity contribution in [3.05, 3.63) is 0 Å². The minimum atomic E-state index is 0.692. The molecule has 0 aliphatic carbocycles. The van der Waals surface area contributed by atoms with E-state index in [2.05, 4.69) is 50.0 Å². The second kappa shape index (κ2) is 8.13. The third-order valence-corrected chi connectivity index (χ3v) is 4.42. The highest BCUT2D eigenvalue weighted by atomic mass is 15.2. The van der Waals surface area contributed by atoms with Gasteiger partial charge >= 0.3 is 0 Å². The van der Waals surface area contributed by atoms with E-state index < -0.39 is 0 Å². The molecule has 3 unspecified atom stereocenters. The quantitative estimate of drug-likeness (QED) is 0.751. The largest absolute Gasteiger partial charge is 0.311 e. The number of nitrogens with one attached hydrogen (secondary N) is 1. The molecular weight excluding hydrogens is 222 g/mol. The van der Waals surface area contributed by atoms with Crippen LogP contribution < -0.4 is 5.32 Å². The zero-order valence-corrected chi connectivity index (χ0v) is 13.1. The normalized spacial score (nSPS) is 27.7. The van der Waals surface area contributed by atoms with Crippen molar-refractivity contribution in [3.8, 4) is 0 Å². The van der Waals surface area contributed by atoms with Gasteiger partial charge in [0, 0.05) is 25.2 Å². The fourth-order valence-electron chi connectivity index (χ4n) is 2.81. The highest BCUT2D eigenvalue weighted by Gasteiger charge is 2.28. The molecule has 0 aromatic rings. The maximum absolute atomic E-state index is 3.75. The van der Waals surface area contributed by atoms with E-state index in [1.807, 2.05) is 0 Å². The van der Waals surface area contributed by atoms with Crippen LogP contribution in [-0.2, 0) is 0 Å². The second-order valence-corrected chi connectivity index (χ2v) is 6.11. The van der Waals surface area contributed by atoms with E-state index in [1.54, 1.807) is 0 Å². The van der Waals surface area contributed by atoms with Crippen molar-refractivity contribution in [1.29, 1.82) is 0 Å². The maximum atomic E-state index is 3.75. The van der Waals surface area contributed by atoms with Crippen LogP contribution in [0.2, 0.25) is 0 Å². The first-order valence-corrected chi connectivity index (χ1v) is 7.70. The Hall–Kier alpha value is -0.120. The van der Waals surface area contributed by atoms with Crippen LogP contribution in [0.15, 0.2) is 0 Å². The van der Waals surface area contributed by atoms with Crippen molar-refractivity contribution in [2.75, 3.05) is 40.3 Å². The van der Waals surface area contributed by atoms with Crippen LogP contribution in [-0.4, -0.2) is 62.2 Å². The van der Waals surface area contributed by atoms with E-state index in [0.717, 1.165) is 12.0 Å². The van der Waals surface area contributed by atoms with Gasteiger partial charge in [-0.2, -0.15) is 0 Å². The average molecular weight is 255 g/mol. The first kappa shape index (κ1) is 15.9. The zero-order valence-electron chi connectivity index (χ0n) is 13.1. The molecule has 108 valence electrons. The lowest BCUT2D eigenvalue weighted by atomic mass is 9.94. The fraction of sp³-hybridized carbons (Fsp3) is 1.00. The minimum Gasteiger partial charge on any atom is -0.311 e. The summed E-state index contributed by atoms with van der Waals surface area (Å²) in [5, 5.41) is 3.75. The molecule has 0 bridgehead atoms. The van der Waals surface area contributed by atoms with E-state index in [-0.39, 0.29) is 0 Å². The topological polar surface area (TPSA) is 18.5 Å². The lowest BCUT2D eigenvalue weighted by Crippen LogP contribution is -2.58. The van der Waals surface area contributed by atoms with Gasteiger partial charge < -0.3 is 10.2 Å². The third kappa shape index (κ3) is 4.87. The van der Waals surface area contributed by atoms with E-state index in [9.17, 15) is 0 Å². The summed E-state index contributed by atoms with van der Waals surface area (Å²) in [4.78, 5) is 5.01. The summed E-state index contributed by atoms with van der Waals surface area (Å²) in [6.45, 7) is 11.9. The molecule has 0 amide bonds. The standard InChI is InChI=1S/C15H33N3/c1-6-13(3)15-12-18(10-8-9-17(4)5)14(7-2)11-16-15/h13-16H,6-12H2,1-5H3. The molecule has 1 rings (SSSR count). The number of hydrogen-bond acceptors (Lipinski definition) is 3. The lowest BCUT2D eigenvalue weighted by molar-refractivity contribution is 0.103. The molecule has 3 heteroatoms.